The van der Waals surface area contributed by atoms with Gasteiger partial charge in [0.05, 0.1) is 12.6 Å². The van der Waals surface area contributed by atoms with E-state index in [9.17, 15) is 5.26 Å². The second kappa shape index (κ2) is 5.13. The van der Waals surface area contributed by atoms with Gasteiger partial charge in [0, 0.05) is 18.3 Å². The third kappa shape index (κ3) is 2.83. The van der Waals surface area contributed by atoms with Crippen molar-refractivity contribution in [3.8, 4) is 6.07 Å². The summed E-state index contributed by atoms with van der Waals surface area (Å²) in [7, 11) is 0. The van der Waals surface area contributed by atoms with Crippen LogP contribution in [0, 0.1) is 11.3 Å². The number of hydrogen-bond acceptors (Lipinski definition) is 3. The largest absolute Gasteiger partial charge is 0.332 e. The van der Waals surface area contributed by atoms with E-state index in [1.54, 1.807) is 6.20 Å². The quantitative estimate of drug-likeness (QED) is 0.824. The van der Waals surface area contributed by atoms with E-state index in [4.69, 9.17) is 0 Å². The number of imidazole rings is 1. The Labute approximate surface area is 97.3 Å². The summed E-state index contributed by atoms with van der Waals surface area (Å²) in [4.78, 5) is 4.32. The van der Waals surface area contributed by atoms with Gasteiger partial charge < -0.3 is 4.57 Å². The van der Waals surface area contributed by atoms with Crippen LogP contribution in [-0.4, -0.2) is 21.6 Å². The molecule has 0 amide bonds. The summed E-state index contributed by atoms with van der Waals surface area (Å²) in [6.45, 7) is 9.56. The first-order valence-corrected chi connectivity index (χ1v) is 5.69. The van der Waals surface area contributed by atoms with Gasteiger partial charge in [0.1, 0.15) is 11.4 Å². The number of rotatable bonds is 5. The van der Waals surface area contributed by atoms with Crippen molar-refractivity contribution in [3.63, 3.8) is 0 Å². The van der Waals surface area contributed by atoms with E-state index >= 15 is 0 Å². The Kier molecular flexibility index (Phi) is 4.08. The Morgan fingerprint density at radius 2 is 2.31 bits per heavy atom. The number of aromatic nitrogens is 2. The number of nitrogens with one attached hydrogen (secondary N) is 1. The lowest BCUT2D eigenvalue weighted by Crippen LogP contribution is -2.44. The van der Waals surface area contributed by atoms with Gasteiger partial charge in [-0.15, -0.1) is 0 Å². The van der Waals surface area contributed by atoms with Gasteiger partial charge in [-0.2, -0.15) is 5.26 Å². The Hall–Kier alpha value is -1.34. The van der Waals surface area contributed by atoms with Crippen molar-refractivity contribution in [2.45, 2.75) is 45.7 Å². The maximum atomic E-state index is 9.20. The van der Waals surface area contributed by atoms with Gasteiger partial charge in [-0.25, -0.2) is 4.98 Å². The minimum atomic E-state index is -0.529. The molecule has 0 aromatic carbocycles. The van der Waals surface area contributed by atoms with Crippen molar-refractivity contribution in [2.24, 2.45) is 0 Å². The molecule has 1 aromatic rings. The zero-order valence-corrected chi connectivity index (χ0v) is 10.5. The van der Waals surface area contributed by atoms with Gasteiger partial charge in [-0.05, 0) is 13.5 Å². The fourth-order valence-corrected chi connectivity index (χ4v) is 1.82. The standard InChI is InChI=1S/C12H20N4/c1-5-15-12(4,8-13)9-16-7-6-14-11(16)10(2)3/h6-7,10,15H,5,9H2,1-4H3. The van der Waals surface area contributed by atoms with Gasteiger partial charge in [0.15, 0.2) is 0 Å². The highest BCUT2D eigenvalue weighted by Crippen LogP contribution is 2.15. The van der Waals surface area contributed by atoms with E-state index in [-0.39, 0.29) is 0 Å². The molecule has 0 aliphatic rings. The second-order valence-corrected chi connectivity index (χ2v) is 4.54. The molecule has 16 heavy (non-hydrogen) atoms. The van der Waals surface area contributed by atoms with Crippen molar-refractivity contribution < 1.29 is 0 Å². The number of hydrogen-bond donors (Lipinski definition) is 1. The van der Waals surface area contributed by atoms with Gasteiger partial charge in [0.2, 0.25) is 0 Å². The third-order valence-corrected chi connectivity index (χ3v) is 2.56. The Balaban J connectivity index is 2.87. The lowest BCUT2D eigenvalue weighted by Gasteiger charge is -2.24. The first-order valence-electron chi connectivity index (χ1n) is 5.69. The van der Waals surface area contributed by atoms with Crippen molar-refractivity contribution in [1.82, 2.24) is 14.9 Å². The van der Waals surface area contributed by atoms with Crippen LogP contribution in [0.3, 0.4) is 0 Å². The summed E-state index contributed by atoms with van der Waals surface area (Å²) in [5.74, 6) is 1.40. The van der Waals surface area contributed by atoms with Crippen LogP contribution in [0.5, 0.6) is 0 Å². The highest BCUT2D eigenvalue weighted by atomic mass is 15.1. The summed E-state index contributed by atoms with van der Waals surface area (Å²) < 4.78 is 2.05. The smallest absolute Gasteiger partial charge is 0.122 e. The van der Waals surface area contributed by atoms with Gasteiger partial charge in [-0.1, -0.05) is 20.8 Å². The number of nitriles is 1. The zero-order valence-electron chi connectivity index (χ0n) is 10.5. The van der Waals surface area contributed by atoms with E-state index < -0.39 is 5.54 Å². The molecular weight excluding hydrogens is 200 g/mol. The minimum absolute atomic E-state index is 0.375. The van der Waals surface area contributed by atoms with Gasteiger partial charge >= 0.3 is 0 Å². The molecule has 0 spiro atoms. The SMILES string of the molecule is CCNC(C)(C#N)Cn1ccnc1C(C)C. The minimum Gasteiger partial charge on any atom is -0.332 e. The van der Waals surface area contributed by atoms with Gasteiger partial charge in [0.25, 0.3) is 0 Å². The van der Waals surface area contributed by atoms with Crippen LogP contribution in [0.2, 0.25) is 0 Å². The summed E-state index contributed by atoms with van der Waals surface area (Å²) >= 11 is 0. The summed E-state index contributed by atoms with van der Waals surface area (Å²) in [6, 6.07) is 2.32. The van der Waals surface area contributed by atoms with Crippen molar-refractivity contribution in [3.05, 3.63) is 18.2 Å². The summed E-state index contributed by atoms with van der Waals surface area (Å²) in [5, 5.41) is 12.4. The molecule has 0 fully saturated rings. The highest BCUT2D eigenvalue weighted by Gasteiger charge is 2.24. The molecule has 1 rings (SSSR count). The van der Waals surface area contributed by atoms with E-state index in [0.717, 1.165) is 12.4 Å². The molecule has 88 valence electrons. The molecule has 0 bridgehead atoms. The van der Waals surface area contributed by atoms with Crippen LogP contribution in [-0.2, 0) is 6.54 Å². The Bertz CT molecular complexity index is 375. The van der Waals surface area contributed by atoms with Crippen LogP contribution in [0.1, 0.15) is 39.4 Å². The molecule has 1 N–H and O–H groups in total. The molecule has 1 unspecified atom stereocenters. The monoisotopic (exact) mass is 220 g/mol. The van der Waals surface area contributed by atoms with Gasteiger partial charge in [-0.3, -0.25) is 5.32 Å². The van der Waals surface area contributed by atoms with Crippen LogP contribution in [0.25, 0.3) is 0 Å². The molecule has 1 aromatic heterocycles. The fourth-order valence-electron chi connectivity index (χ4n) is 1.82. The molecule has 1 heterocycles. The predicted molar refractivity (Wildman–Crippen MR) is 64.0 cm³/mol. The number of likely N-dealkylation sites (N-methyl/N-ethyl adjacent to an activating group) is 1. The molecule has 4 heteroatoms. The van der Waals surface area contributed by atoms with E-state index in [1.165, 1.54) is 0 Å². The van der Waals surface area contributed by atoms with E-state index in [1.807, 2.05) is 20.0 Å². The highest BCUT2D eigenvalue weighted by molar-refractivity contribution is 5.07. The van der Waals surface area contributed by atoms with E-state index in [0.29, 0.717) is 12.5 Å². The number of nitrogens with zero attached hydrogens (tertiary/aromatic N) is 3. The Morgan fingerprint density at radius 3 is 2.81 bits per heavy atom. The topological polar surface area (TPSA) is 53.6 Å². The molecule has 4 nitrogen and oxygen atoms in total. The van der Waals surface area contributed by atoms with Crippen LogP contribution in [0.4, 0.5) is 0 Å². The maximum Gasteiger partial charge on any atom is 0.122 e. The first-order chi connectivity index (χ1) is 7.52. The average molecular weight is 220 g/mol. The van der Waals surface area contributed by atoms with Crippen molar-refractivity contribution in [2.75, 3.05) is 6.54 Å². The lowest BCUT2D eigenvalue weighted by molar-refractivity contribution is 0.388. The maximum absolute atomic E-state index is 9.20. The van der Waals surface area contributed by atoms with Crippen LogP contribution < -0.4 is 5.32 Å². The second-order valence-electron chi connectivity index (χ2n) is 4.54. The first kappa shape index (κ1) is 12.7. The van der Waals surface area contributed by atoms with E-state index in [2.05, 4.69) is 34.8 Å². The zero-order chi connectivity index (χ0) is 12.2. The third-order valence-electron chi connectivity index (χ3n) is 2.56. The van der Waals surface area contributed by atoms with Crippen LogP contribution in [0.15, 0.2) is 12.4 Å². The summed E-state index contributed by atoms with van der Waals surface area (Å²) in [5.41, 5.74) is -0.529. The van der Waals surface area contributed by atoms with Crippen LogP contribution >= 0.6 is 0 Å². The molecule has 1 atom stereocenters. The normalized spacial score (nSPS) is 14.8. The molecule has 0 aliphatic carbocycles. The molecule has 0 saturated heterocycles. The van der Waals surface area contributed by atoms with Crippen molar-refractivity contribution >= 4 is 0 Å². The summed E-state index contributed by atoms with van der Waals surface area (Å²) in [6.07, 6.45) is 3.72. The molecule has 0 saturated carbocycles. The Morgan fingerprint density at radius 1 is 1.62 bits per heavy atom. The molecule has 0 aliphatic heterocycles. The van der Waals surface area contributed by atoms with Crippen molar-refractivity contribution in [1.29, 1.82) is 5.26 Å². The predicted octanol–water partition coefficient (Wildman–Crippen LogP) is 1.90. The molecule has 0 radical (unpaired) electrons. The fraction of sp³-hybridized carbons (Fsp3) is 0.667. The molecular formula is C12H20N4. The average Bonchev–Trinajstić information content (AvgIpc) is 2.66. The lowest BCUT2D eigenvalue weighted by atomic mass is 10.0.